The smallest absolute Gasteiger partial charge is 0.244 e. The summed E-state index contributed by atoms with van der Waals surface area (Å²) in [6, 6.07) is 1.76. The molecule has 0 saturated heterocycles. The third-order valence-electron chi connectivity index (χ3n) is 1.38. The minimum absolute atomic E-state index is 0.416. The zero-order chi connectivity index (χ0) is 8.39. The molecule has 12 heavy (non-hydrogen) atoms. The molecule has 0 fully saturated rings. The van der Waals surface area contributed by atoms with Crippen molar-refractivity contribution in [2.75, 3.05) is 5.43 Å². The molecule has 0 aromatic carbocycles. The maximum Gasteiger partial charge on any atom is 0.244 e. The van der Waals surface area contributed by atoms with E-state index in [-0.39, 0.29) is 0 Å². The molecule has 0 bridgehead atoms. The molecular formula is C7H6N4O. The molecule has 0 saturated carbocycles. The second kappa shape index (κ2) is 2.61. The first kappa shape index (κ1) is 6.78. The van der Waals surface area contributed by atoms with Crippen LogP contribution in [0, 0.1) is 0 Å². The molecule has 0 aliphatic rings. The minimum Gasteiger partial charge on any atom is -0.461 e. The molecule has 2 aromatic heterocycles. The van der Waals surface area contributed by atoms with E-state index in [4.69, 9.17) is 4.42 Å². The molecule has 0 radical (unpaired) electrons. The summed E-state index contributed by atoms with van der Waals surface area (Å²) < 4.78 is 5.05. The Labute approximate surface area is 68.1 Å². The normalized spacial score (nSPS) is 10.0. The zero-order valence-electron chi connectivity index (χ0n) is 6.19. The van der Waals surface area contributed by atoms with Crippen molar-refractivity contribution >= 4 is 23.8 Å². The predicted octanol–water partition coefficient (Wildman–Crippen LogP) is 1.25. The zero-order valence-corrected chi connectivity index (χ0v) is 6.19. The molecule has 0 atom stereocenters. The summed E-state index contributed by atoms with van der Waals surface area (Å²) in [5.74, 6) is 0.416. The Morgan fingerprint density at radius 3 is 3.33 bits per heavy atom. The van der Waals surface area contributed by atoms with Gasteiger partial charge in [0.05, 0.1) is 12.5 Å². The topological polar surface area (TPSA) is 63.3 Å². The van der Waals surface area contributed by atoms with E-state index >= 15 is 0 Å². The van der Waals surface area contributed by atoms with Crippen LogP contribution in [0.15, 0.2) is 28.0 Å². The molecule has 0 amide bonds. The van der Waals surface area contributed by atoms with Crippen LogP contribution in [0.5, 0.6) is 0 Å². The van der Waals surface area contributed by atoms with E-state index in [0.29, 0.717) is 11.5 Å². The molecular weight excluding hydrogens is 156 g/mol. The Morgan fingerprint density at radius 1 is 1.58 bits per heavy atom. The fourth-order valence-electron chi connectivity index (χ4n) is 0.891. The third kappa shape index (κ3) is 1.01. The fourth-order valence-corrected chi connectivity index (χ4v) is 0.891. The molecule has 2 aromatic rings. The van der Waals surface area contributed by atoms with Crippen LogP contribution in [0.1, 0.15) is 0 Å². The van der Waals surface area contributed by atoms with Crippen molar-refractivity contribution in [2.24, 2.45) is 5.10 Å². The van der Waals surface area contributed by atoms with Gasteiger partial charge in [0.15, 0.2) is 5.58 Å². The molecule has 0 aliphatic heterocycles. The lowest BCUT2D eigenvalue weighted by molar-refractivity contribution is 0.613. The quantitative estimate of drug-likeness (QED) is 0.533. The van der Waals surface area contributed by atoms with Gasteiger partial charge in [0.1, 0.15) is 5.52 Å². The lowest BCUT2D eigenvalue weighted by Crippen LogP contribution is -1.93. The molecule has 5 heteroatoms. The van der Waals surface area contributed by atoms with Crippen LogP contribution in [-0.2, 0) is 0 Å². The maximum atomic E-state index is 5.05. The number of fused-ring (bicyclic) bond motifs is 1. The summed E-state index contributed by atoms with van der Waals surface area (Å²) in [6.07, 6.45) is 3.14. The highest BCUT2D eigenvalue weighted by molar-refractivity contribution is 5.72. The maximum absolute atomic E-state index is 5.05. The lowest BCUT2D eigenvalue weighted by atomic mass is 10.5. The second-order valence-electron chi connectivity index (χ2n) is 2.13. The van der Waals surface area contributed by atoms with Crippen LogP contribution in [0.3, 0.4) is 0 Å². The number of furan rings is 1. The second-order valence-corrected chi connectivity index (χ2v) is 2.13. The summed E-state index contributed by atoms with van der Waals surface area (Å²) >= 11 is 0. The Hall–Kier alpha value is -1.91. The van der Waals surface area contributed by atoms with Gasteiger partial charge in [-0.2, -0.15) is 5.10 Å². The Morgan fingerprint density at radius 2 is 2.50 bits per heavy atom. The molecule has 0 spiro atoms. The summed E-state index contributed by atoms with van der Waals surface area (Å²) in [7, 11) is 0. The van der Waals surface area contributed by atoms with E-state index in [9.17, 15) is 0 Å². The van der Waals surface area contributed by atoms with Crippen molar-refractivity contribution in [3.63, 3.8) is 0 Å². The Kier molecular flexibility index (Phi) is 1.48. The van der Waals surface area contributed by atoms with Crippen LogP contribution >= 0.6 is 0 Å². The Balaban J connectivity index is 2.52. The van der Waals surface area contributed by atoms with Gasteiger partial charge in [-0.1, -0.05) is 0 Å². The van der Waals surface area contributed by atoms with Gasteiger partial charge < -0.3 is 4.42 Å². The van der Waals surface area contributed by atoms with Gasteiger partial charge in [0.25, 0.3) is 0 Å². The van der Waals surface area contributed by atoms with E-state index in [0.717, 1.165) is 5.52 Å². The van der Waals surface area contributed by atoms with Gasteiger partial charge in [-0.25, -0.2) is 15.4 Å². The highest BCUT2D eigenvalue weighted by Crippen LogP contribution is 2.12. The van der Waals surface area contributed by atoms with Crippen LogP contribution in [0.2, 0.25) is 0 Å². The SMILES string of the molecule is C=NNc1ncc2occc2n1. The summed E-state index contributed by atoms with van der Waals surface area (Å²) in [4.78, 5) is 7.99. The van der Waals surface area contributed by atoms with Gasteiger partial charge in [-0.3, -0.25) is 0 Å². The first-order valence-corrected chi connectivity index (χ1v) is 3.32. The molecule has 2 heterocycles. The van der Waals surface area contributed by atoms with Crippen LogP contribution in [0.4, 0.5) is 5.95 Å². The average molecular weight is 162 g/mol. The predicted molar refractivity (Wildman–Crippen MR) is 45.0 cm³/mol. The number of anilines is 1. The first-order valence-electron chi connectivity index (χ1n) is 3.32. The van der Waals surface area contributed by atoms with Crippen LogP contribution in [0.25, 0.3) is 11.1 Å². The van der Waals surface area contributed by atoms with Crippen LogP contribution < -0.4 is 5.43 Å². The van der Waals surface area contributed by atoms with Crippen LogP contribution in [-0.4, -0.2) is 16.7 Å². The number of hydrogen-bond donors (Lipinski definition) is 1. The molecule has 2 rings (SSSR count). The number of hydrazone groups is 1. The molecule has 1 N–H and O–H groups in total. The van der Waals surface area contributed by atoms with Crippen molar-refractivity contribution in [2.45, 2.75) is 0 Å². The molecule has 60 valence electrons. The van der Waals surface area contributed by atoms with E-state index in [1.54, 1.807) is 18.5 Å². The standard InChI is InChI=1S/C7H6N4O/c1-8-11-7-9-4-6-5(10-7)2-3-12-6/h2-4H,1H2,(H,9,10,11). The van der Waals surface area contributed by atoms with Gasteiger partial charge in [-0.15, -0.1) is 0 Å². The van der Waals surface area contributed by atoms with Gasteiger partial charge in [0, 0.05) is 12.8 Å². The highest BCUT2D eigenvalue weighted by Gasteiger charge is 1.99. The average Bonchev–Trinajstić information content (AvgIpc) is 2.51. The van der Waals surface area contributed by atoms with E-state index < -0.39 is 0 Å². The number of nitrogens with one attached hydrogen (secondary N) is 1. The monoisotopic (exact) mass is 162 g/mol. The van der Waals surface area contributed by atoms with E-state index in [1.165, 1.54) is 0 Å². The number of hydrogen-bond acceptors (Lipinski definition) is 5. The fraction of sp³-hybridized carbons (Fsp3) is 0. The molecule has 0 unspecified atom stereocenters. The number of aromatic nitrogens is 2. The van der Waals surface area contributed by atoms with Crippen molar-refractivity contribution < 1.29 is 4.42 Å². The molecule has 0 aliphatic carbocycles. The van der Waals surface area contributed by atoms with Crippen molar-refractivity contribution in [3.8, 4) is 0 Å². The lowest BCUT2D eigenvalue weighted by Gasteiger charge is -1.94. The van der Waals surface area contributed by atoms with Gasteiger partial charge in [-0.05, 0) is 0 Å². The van der Waals surface area contributed by atoms with Crippen molar-refractivity contribution in [1.82, 2.24) is 9.97 Å². The first-order chi connectivity index (χ1) is 5.90. The Bertz CT molecular complexity index is 408. The highest BCUT2D eigenvalue weighted by atomic mass is 16.3. The third-order valence-corrected chi connectivity index (χ3v) is 1.38. The number of rotatable bonds is 2. The van der Waals surface area contributed by atoms with Crippen molar-refractivity contribution in [1.29, 1.82) is 0 Å². The van der Waals surface area contributed by atoms with Gasteiger partial charge in [0.2, 0.25) is 5.95 Å². The summed E-state index contributed by atoms with van der Waals surface area (Å²) in [5, 5.41) is 3.44. The summed E-state index contributed by atoms with van der Waals surface area (Å²) in [5.41, 5.74) is 3.94. The largest absolute Gasteiger partial charge is 0.461 e. The number of nitrogens with zero attached hydrogens (tertiary/aromatic N) is 3. The van der Waals surface area contributed by atoms with E-state index in [2.05, 4.69) is 27.2 Å². The van der Waals surface area contributed by atoms with Crippen molar-refractivity contribution in [3.05, 3.63) is 18.5 Å². The van der Waals surface area contributed by atoms with E-state index in [1.807, 2.05) is 0 Å². The summed E-state index contributed by atoms with van der Waals surface area (Å²) in [6.45, 7) is 3.26. The van der Waals surface area contributed by atoms with Gasteiger partial charge >= 0.3 is 0 Å². The minimum atomic E-state index is 0.416. The molecule has 5 nitrogen and oxygen atoms in total.